The zero-order valence-corrected chi connectivity index (χ0v) is 11.8. The molecular weight excluding hydrogens is 314 g/mol. The van der Waals surface area contributed by atoms with E-state index in [1.54, 1.807) is 6.07 Å². The Balaban J connectivity index is 1.93. The maximum Gasteiger partial charge on any atom is 0.253 e. The predicted molar refractivity (Wildman–Crippen MR) is 72.3 cm³/mol. The summed E-state index contributed by atoms with van der Waals surface area (Å²) < 4.78 is 11.4. The molecule has 100 valence electrons. The Bertz CT molecular complexity index is 574. The zero-order valence-electron chi connectivity index (χ0n) is 10.2. The highest BCUT2D eigenvalue weighted by atomic mass is 79.9. The number of halogens is 1. The predicted octanol–water partition coefficient (Wildman–Crippen LogP) is 1.31. The van der Waals surface area contributed by atoms with Gasteiger partial charge < -0.3 is 14.8 Å². The number of fused-ring (bicyclic) bond motifs is 1. The van der Waals surface area contributed by atoms with Crippen molar-refractivity contribution in [2.24, 2.45) is 4.99 Å². The summed E-state index contributed by atoms with van der Waals surface area (Å²) >= 11 is 3.42. The van der Waals surface area contributed by atoms with Crippen LogP contribution in [-0.4, -0.2) is 25.2 Å². The van der Waals surface area contributed by atoms with Crippen LogP contribution in [0.15, 0.2) is 21.6 Å². The molecule has 0 spiro atoms. The lowest BCUT2D eigenvalue weighted by Gasteiger charge is -2.10. The van der Waals surface area contributed by atoms with E-state index in [4.69, 9.17) is 9.47 Å². The van der Waals surface area contributed by atoms with Crippen molar-refractivity contribution in [3.8, 4) is 11.5 Å². The van der Waals surface area contributed by atoms with Gasteiger partial charge in [0.05, 0.1) is 4.47 Å². The average molecular weight is 326 g/mol. The third-order valence-electron chi connectivity index (χ3n) is 2.88. The SMILES string of the molecule is CCN=C1NC(=O)C(c2cc(Br)c3c(c2)OCO3)N1. The van der Waals surface area contributed by atoms with Gasteiger partial charge in [-0.1, -0.05) is 0 Å². The normalized spacial score (nSPS) is 22.5. The van der Waals surface area contributed by atoms with Crippen LogP contribution in [0.2, 0.25) is 0 Å². The van der Waals surface area contributed by atoms with Crippen LogP contribution in [0.25, 0.3) is 0 Å². The smallest absolute Gasteiger partial charge is 0.253 e. The van der Waals surface area contributed by atoms with Gasteiger partial charge in [-0.25, -0.2) is 0 Å². The van der Waals surface area contributed by atoms with Gasteiger partial charge in [0.15, 0.2) is 17.5 Å². The molecule has 0 aliphatic carbocycles. The number of ether oxygens (including phenoxy) is 2. The lowest BCUT2D eigenvalue weighted by molar-refractivity contribution is -0.120. The molecule has 2 aliphatic heterocycles. The molecule has 1 saturated heterocycles. The number of carbonyl (C=O) groups excluding carboxylic acids is 1. The summed E-state index contributed by atoms with van der Waals surface area (Å²) in [6, 6.07) is 3.19. The Morgan fingerprint density at radius 3 is 3.11 bits per heavy atom. The Hall–Kier alpha value is -1.76. The van der Waals surface area contributed by atoms with Gasteiger partial charge in [-0.3, -0.25) is 15.1 Å². The highest BCUT2D eigenvalue weighted by Crippen LogP contribution is 2.41. The molecule has 0 aromatic heterocycles. The van der Waals surface area contributed by atoms with Gasteiger partial charge in [0.25, 0.3) is 5.91 Å². The molecule has 1 atom stereocenters. The summed E-state index contributed by atoms with van der Waals surface area (Å²) in [6.07, 6.45) is 0. The highest BCUT2D eigenvalue weighted by Gasteiger charge is 2.31. The second-order valence-corrected chi connectivity index (χ2v) is 4.98. The minimum atomic E-state index is -0.462. The molecule has 0 radical (unpaired) electrons. The number of benzene rings is 1. The molecule has 1 fully saturated rings. The zero-order chi connectivity index (χ0) is 13.4. The fraction of sp³-hybridized carbons (Fsp3) is 0.333. The maximum atomic E-state index is 11.9. The van der Waals surface area contributed by atoms with Crippen molar-refractivity contribution >= 4 is 27.8 Å². The largest absolute Gasteiger partial charge is 0.454 e. The van der Waals surface area contributed by atoms with Crippen molar-refractivity contribution < 1.29 is 14.3 Å². The third kappa shape index (κ3) is 2.14. The molecule has 0 saturated carbocycles. The Labute approximate surface area is 118 Å². The van der Waals surface area contributed by atoms with E-state index >= 15 is 0 Å². The maximum absolute atomic E-state index is 11.9. The molecule has 1 amide bonds. The second kappa shape index (κ2) is 4.73. The van der Waals surface area contributed by atoms with Crippen molar-refractivity contribution in [1.82, 2.24) is 10.6 Å². The monoisotopic (exact) mass is 325 g/mol. The fourth-order valence-corrected chi connectivity index (χ4v) is 2.63. The number of aliphatic imine (C=N–C) groups is 1. The van der Waals surface area contributed by atoms with E-state index in [9.17, 15) is 4.79 Å². The van der Waals surface area contributed by atoms with E-state index in [2.05, 4.69) is 31.6 Å². The lowest BCUT2D eigenvalue weighted by atomic mass is 10.1. The molecule has 0 bridgehead atoms. The highest BCUT2D eigenvalue weighted by molar-refractivity contribution is 9.10. The van der Waals surface area contributed by atoms with E-state index in [0.717, 1.165) is 10.0 Å². The number of hydrogen-bond donors (Lipinski definition) is 2. The van der Waals surface area contributed by atoms with Crippen LogP contribution < -0.4 is 20.1 Å². The van der Waals surface area contributed by atoms with Gasteiger partial charge >= 0.3 is 0 Å². The number of amides is 1. The second-order valence-electron chi connectivity index (χ2n) is 4.13. The Kier molecular flexibility index (Phi) is 3.06. The molecule has 6 nitrogen and oxygen atoms in total. The van der Waals surface area contributed by atoms with Crippen molar-refractivity contribution in [2.45, 2.75) is 13.0 Å². The van der Waals surface area contributed by atoms with Crippen LogP contribution in [0, 0.1) is 0 Å². The first-order valence-corrected chi connectivity index (χ1v) is 6.69. The first-order valence-electron chi connectivity index (χ1n) is 5.90. The van der Waals surface area contributed by atoms with Crippen molar-refractivity contribution in [3.63, 3.8) is 0 Å². The summed E-state index contributed by atoms with van der Waals surface area (Å²) in [6.45, 7) is 2.72. The van der Waals surface area contributed by atoms with Crippen molar-refractivity contribution in [1.29, 1.82) is 0 Å². The van der Waals surface area contributed by atoms with E-state index in [0.29, 0.717) is 24.0 Å². The minimum absolute atomic E-state index is 0.127. The van der Waals surface area contributed by atoms with Gasteiger partial charge in [0, 0.05) is 6.54 Å². The van der Waals surface area contributed by atoms with Crippen LogP contribution in [0.5, 0.6) is 11.5 Å². The molecular formula is C12H12BrN3O3. The van der Waals surface area contributed by atoms with Crippen LogP contribution >= 0.6 is 15.9 Å². The van der Waals surface area contributed by atoms with E-state index in [1.807, 2.05) is 13.0 Å². The summed E-state index contributed by atoms with van der Waals surface area (Å²) in [5, 5.41) is 5.75. The summed E-state index contributed by atoms with van der Waals surface area (Å²) in [7, 11) is 0. The van der Waals surface area contributed by atoms with Crippen molar-refractivity contribution in [2.75, 3.05) is 13.3 Å². The van der Waals surface area contributed by atoms with Gasteiger partial charge in [0.2, 0.25) is 6.79 Å². The number of nitrogens with one attached hydrogen (secondary N) is 2. The molecule has 7 heteroatoms. The Morgan fingerprint density at radius 2 is 2.32 bits per heavy atom. The molecule has 2 heterocycles. The molecule has 19 heavy (non-hydrogen) atoms. The number of hydrogen-bond acceptors (Lipinski definition) is 4. The molecule has 2 N–H and O–H groups in total. The molecule has 1 unspecified atom stereocenters. The van der Waals surface area contributed by atoms with E-state index in [1.165, 1.54) is 0 Å². The fourth-order valence-electron chi connectivity index (χ4n) is 2.06. The third-order valence-corrected chi connectivity index (χ3v) is 3.47. The summed E-state index contributed by atoms with van der Waals surface area (Å²) in [4.78, 5) is 16.1. The topological polar surface area (TPSA) is 72.0 Å². The van der Waals surface area contributed by atoms with Crippen LogP contribution in [0.4, 0.5) is 0 Å². The van der Waals surface area contributed by atoms with Crippen LogP contribution in [-0.2, 0) is 4.79 Å². The van der Waals surface area contributed by atoms with E-state index in [-0.39, 0.29) is 12.7 Å². The molecule has 3 rings (SSSR count). The first-order chi connectivity index (χ1) is 9.19. The number of nitrogens with zero attached hydrogens (tertiary/aromatic N) is 1. The number of rotatable bonds is 2. The minimum Gasteiger partial charge on any atom is -0.454 e. The Morgan fingerprint density at radius 1 is 1.47 bits per heavy atom. The number of guanidine groups is 1. The van der Waals surface area contributed by atoms with Crippen molar-refractivity contribution in [3.05, 3.63) is 22.2 Å². The summed E-state index contributed by atoms with van der Waals surface area (Å²) in [5.41, 5.74) is 0.801. The first kappa shape index (κ1) is 12.3. The quantitative estimate of drug-likeness (QED) is 0.860. The lowest BCUT2D eigenvalue weighted by Crippen LogP contribution is -2.25. The van der Waals surface area contributed by atoms with Gasteiger partial charge in [-0.05, 0) is 40.5 Å². The van der Waals surface area contributed by atoms with Gasteiger partial charge in [-0.2, -0.15) is 0 Å². The number of carbonyl (C=O) groups is 1. The van der Waals surface area contributed by atoms with Crippen LogP contribution in [0.1, 0.15) is 18.5 Å². The van der Waals surface area contributed by atoms with E-state index < -0.39 is 6.04 Å². The molecule has 1 aromatic rings. The average Bonchev–Trinajstić information content (AvgIpc) is 2.96. The van der Waals surface area contributed by atoms with Crippen LogP contribution in [0.3, 0.4) is 0 Å². The van der Waals surface area contributed by atoms with Gasteiger partial charge in [0.1, 0.15) is 6.04 Å². The molecule has 1 aromatic carbocycles. The molecule has 2 aliphatic rings. The standard InChI is InChI=1S/C12H12BrN3O3/c1-2-14-12-15-9(11(17)16-12)6-3-7(13)10-8(4-6)18-5-19-10/h3-4,9H,2,5H2,1H3,(H2,14,15,16,17). The van der Waals surface area contributed by atoms with Gasteiger partial charge in [-0.15, -0.1) is 0 Å². The summed E-state index contributed by atoms with van der Waals surface area (Å²) in [5.74, 6) is 1.69.